The smallest absolute Gasteiger partial charge is 0.151 e. The second kappa shape index (κ2) is 6.80. The highest BCUT2D eigenvalue weighted by Gasteiger charge is 2.49. The number of benzene rings is 1. The van der Waals surface area contributed by atoms with Crippen molar-refractivity contribution in [2.45, 2.75) is 56.7 Å². The zero-order valence-electron chi connectivity index (χ0n) is 17.7. The fraction of sp³-hybridized carbons (Fsp3) is 0.435. The van der Waals surface area contributed by atoms with E-state index in [2.05, 4.69) is 51.5 Å². The Morgan fingerprint density at radius 2 is 1.80 bits per heavy atom. The third-order valence-corrected chi connectivity index (χ3v) is 6.87. The van der Waals surface area contributed by atoms with Gasteiger partial charge in [-0.15, -0.1) is 10.2 Å². The van der Waals surface area contributed by atoms with E-state index in [0.29, 0.717) is 17.3 Å². The predicted octanol–water partition coefficient (Wildman–Crippen LogP) is 3.74. The van der Waals surface area contributed by atoms with Crippen LogP contribution in [0.4, 0.5) is 5.82 Å². The molecule has 3 N–H and O–H groups in total. The number of H-pyrrole nitrogens is 1. The van der Waals surface area contributed by atoms with E-state index < -0.39 is 0 Å². The second-order valence-corrected chi connectivity index (χ2v) is 9.41. The van der Waals surface area contributed by atoms with E-state index in [9.17, 15) is 5.11 Å². The molecule has 0 radical (unpaired) electrons. The average Bonchev–Trinajstić information content (AvgIpc) is 3.33. The standard InChI is InChI=1S/C23H28N6O/c1-22-8-9-23(2,28-22)12-17(11-22)29(3)21-7-6-19(26-27-21)18-5-4-15(10-20(18)30)16-13-24-25-14-16/h4-7,10,13-14,17,28,30H,8-9,11-12H2,1-3H3,(H,24,25)/t17-,22+,23-. The van der Waals surface area contributed by atoms with E-state index in [1.54, 1.807) is 18.5 Å². The monoisotopic (exact) mass is 404 g/mol. The van der Waals surface area contributed by atoms with Gasteiger partial charge in [0.2, 0.25) is 0 Å². The Kier molecular flexibility index (Phi) is 4.32. The van der Waals surface area contributed by atoms with E-state index >= 15 is 0 Å². The highest BCUT2D eigenvalue weighted by molar-refractivity contribution is 5.73. The summed E-state index contributed by atoms with van der Waals surface area (Å²) >= 11 is 0. The topological polar surface area (TPSA) is 90.0 Å². The van der Waals surface area contributed by atoms with Crippen molar-refractivity contribution in [2.24, 2.45) is 0 Å². The summed E-state index contributed by atoms with van der Waals surface area (Å²) in [4.78, 5) is 2.27. The zero-order valence-corrected chi connectivity index (χ0v) is 17.7. The van der Waals surface area contributed by atoms with E-state index in [0.717, 1.165) is 29.8 Å². The van der Waals surface area contributed by atoms with Crippen molar-refractivity contribution in [3.05, 3.63) is 42.7 Å². The van der Waals surface area contributed by atoms with Crippen molar-refractivity contribution in [3.8, 4) is 28.1 Å². The van der Waals surface area contributed by atoms with E-state index in [1.165, 1.54) is 12.8 Å². The highest BCUT2D eigenvalue weighted by atomic mass is 16.3. The minimum absolute atomic E-state index is 0.180. The second-order valence-electron chi connectivity index (χ2n) is 9.41. The number of phenols is 1. The Balaban J connectivity index is 1.36. The number of phenolic OH excluding ortho intramolecular Hbond substituents is 1. The molecule has 0 amide bonds. The number of aromatic hydroxyl groups is 1. The number of nitrogens with one attached hydrogen (secondary N) is 2. The third-order valence-electron chi connectivity index (χ3n) is 6.87. The summed E-state index contributed by atoms with van der Waals surface area (Å²) in [6.07, 6.45) is 8.20. The van der Waals surface area contributed by atoms with Crippen LogP contribution in [-0.4, -0.2) is 49.7 Å². The first kappa shape index (κ1) is 19.1. The highest BCUT2D eigenvalue weighted by Crippen LogP contribution is 2.43. The molecular formula is C23H28N6O. The maximum atomic E-state index is 10.5. The van der Waals surface area contributed by atoms with Crippen molar-refractivity contribution in [1.82, 2.24) is 25.7 Å². The van der Waals surface area contributed by atoms with Crippen LogP contribution in [0.3, 0.4) is 0 Å². The lowest BCUT2D eigenvalue weighted by molar-refractivity contribution is 0.207. The van der Waals surface area contributed by atoms with Crippen LogP contribution in [0.5, 0.6) is 5.75 Å². The van der Waals surface area contributed by atoms with E-state index in [4.69, 9.17) is 0 Å². The Labute approximate surface area is 176 Å². The average molecular weight is 405 g/mol. The third kappa shape index (κ3) is 3.33. The number of aromatic amines is 1. The number of anilines is 1. The van der Waals surface area contributed by atoms with Crippen LogP contribution in [0.25, 0.3) is 22.4 Å². The van der Waals surface area contributed by atoms with Gasteiger partial charge in [-0.05, 0) is 69.4 Å². The molecule has 2 aromatic heterocycles. The van der Waals surface area contributed by atoms with Crippen molar-refractivity contribution in [3.63, 3.8) is 0 Å². The van der Waals surface area contributed by atoms with Crippen LogP contribution in [0.15, 0.2) is 42.7 Å². The van der Waals surface area contributed by atoms with E-state index in [1.807, 2.05) is 24.3 Å². The molecule has 4 heterocycles. The van der Waals surface area contributed by atoms with Crippen LogP contribution in [-0.2, 0) is 0 Å². The van der Waals surface area contributed by atoms with Gasteiger partial charge in [-0.25, -0.2) is 0 Å². The molecule has 1 aromatic carbocycles. The molecule has 0 aliphatic carbocycles. The Morgan fingerprint density at radius 1 is 1.03 bits per heavy atom. The maximum absolute atomic E-state index is 10.5. The van der Waals surface area contributed by atoms with Gasteiger partial charge in [0.1, 0.15) is 5.75 Å². The van der Waals surface area contributed by atoms with Gasteiger partial charge in [-0.1, -0.05) is 6.07 Å². The fourth-order valence-corrected chi connectivity index (χ4v) is 5.28. The quantitative estimate of drug-likeness (QED) is 0.614. The normalized spacial score (nSPS) is 27.9. The van der Waals surface area contributed by atoms with Crippen LogP contribution >= 0.6 is 0 Å². The number of piperidine rings is 1. The molecule has 0 saturated carbocycles. The molecule has 2 aliphatic rings. The van der Waals surface area contributed by atoms with Gasteiger partial charge in [-0.2, -0.15) is 5.10 Å². The van der Waals surface area contributed by atoms with Gasteiger partial charge < -0.3 is 15.3 Å². The van der Waals surface area contributed by atoms with Gasteiger partial charge in [0, 0.05) is 41.5 Å². The van der Waals surface area contributed by atoms with E-state index in [-0.39, 0.29) is 16.8 Å². The molecule has 2 saturated heterocycles. The van der Waals surface area contributed by atoms with Crippen molar-refractivity contribution in [2.75, 3.05) is 11.9 Å². The number of aromatic nitrogens is 4. The lowest BCUT2D eigenvalue weighted by Crippen LogP contribution is -2.58. The Morgan fingerprint density at radius 3 is 2.40 bits per heavy atom. The zero-order chi connectivity index (χ0) is 20.9. The number of fused-ring (bicyclic) bond motifs is 2. The molecule has 0 unspecified atom stereocenters. The largest absolute Gasteiger partial charge is 0.507 e. The molecule has 3 atom stereocenters. The minimum atomic E-state index is 0.180. The molecule has 5 rings (SSSR count). The van der Waals surface area contributed by atoms with Gasteiger partial charge in [0.15, 0.2) is 5.82 Å². The molecule has 2 aliphatic heterocycles. The summed E-state index contributed by atoms with van der Waals surface area (Å²) in [5.74, 6) is 1.05. The lowest BCUT2D eigenvalue weighted by Gasteiger charge is -2.45. The molecule has 7 heteroatoms. The number of nitrogens with zero attached hydrogens (tertiary/aromatic N) is 4. The number of hydrogen-bond donors (Lipinski definition) is 3. The summed E-state index contributed by atoms with van der Waals surface area (Å²) in [5.41, 5.74) is 3.58. The molecule has 7 nitrogen and oxygen atoms in total. The lowest BCUT2D eigenvalue weighted by atomic mass is 9.84. The molecule has 2 bridgehead atoms. The van der Waals surface area contributed by atoms with Crippen molar-refractivity contribution < 1.29 is 5.11 Å². The summed E-state index contributed by atoms with van der Waals surface area (Å²) in [6.45, 7) is 4.67. The maximum Gasteiger partial charge on any atom is 0.151 e. The van der Waals surface area contributed by atoms with Gasteiger partial charge >= 0.3 is 0 Å². The van der Waals surface area contributed by atoms with Crippen LogP contribution in [0, 0.1) is 0 Å². The summed E-state index contributed by atoms with van der Waals surface area (Å²) in [7, 11) is 2.11. The summed E-state index contributed by atoms with van der Waals surface area (Å²) in [5, 5.41) is 30.0. The minimum Gasteiger partial charge on any atom is -0.507 e. The number of hydrogen-bond acceptors (Lipinski definition) is 6. The van der Waals surface area contributed by atoms with Crippen LogP contribution < -0.4 is 10.2 Å². The number of rotatable bonds is 4. The van der Waals surface area contributed by atoms with Crippen LogP contribution in [0.2, 0.25) is 0 Å². The first-order chi connectivity index (χ1) is 14.3. The van der Waals surface area contributed by atoms with Gasteiger partial charge in [0.05, 0.1) is 11.9 Å². The Hall–Kier alpha value is -2.93. The van der Waals surface area contributed by atoms with Gasteiger partial charge in [0.25, 0.3) is 0 Å². The first-order valence-corrected chi connectivity index (χ1v) is 10.5. The Bertz CT molecular complexity index is 1030. The molecule has 156 valence electrons. The van der Waals surface area contributed by atoms with Crippen molar-refractivity contribution in [1.29, 1.82) is 0 Å². The van der Waals surface area contributed by atoms with Crippen molar-refractivity contribution >= 4 is 5.82 Å². The molecular weight excluding hydrogens is 376 g/mol. The van der Waals surface area contributed by atoms with Gasteiger partial charge in [-0.3, -0.25) is 5.10 Å². The first-order valence-electron chi connectivity index (χ1n) is 10.5. The molecule has 0 spiro atoms. The molecule has 3 aromatic rings. The summed E-state index contributed by atoms with van der Waals surface area (Å²) < 4.78 is 0. The predicted molar refractivity (Wildman–Crippen MR) is 117 cm³/mol. The fourth-order valence-electron chi connectivity index (χ4n) is 5.28. The summed E-state index contributed by atoms with van der Waals surface area (Å²) in [6, 6.07) is 9.93. The molecule has 2 fully saturated rings. The van der Waals surface area contributed by atoms with Crippen LogP contribution in [0.1, 0.15) is 39.5 Å². The SMILES string of the molecule is CN(c1ccc(-c2ccc(-c3cn[nH]c3)cc2O)nn1)[C@@H]1C[C@]2(C)CC[C@](C)(C1)N2. The molecule has 30 heavy (non-hydrogen) atoms.